The van der Waals surface area contributed by atoms with Crippen molar-refractivity contribution < 1.29 is 4.79 Å². The molecule has 2 heterocycles. The number of carbonyl (C=O) groups excluding carboxylic acids is 1. The van der Waals surface area contributed by atoms with Gasteiger partial charge in [-0.3, -0.25) is 9.79 Å². The van der Waals surface area contributed by atoms with Gasteiger partial charge in [0.05, 0.1) is 0 Å². The molecule has 0 radical (unpaired) electrons. The van der Waals surface area contributed by atoms with Crippen LogP contribution in [0.4, 0.5) is 0 Å². The fraction of sp³-hybridized carbons (Fsp3) is 0.333. The van der Waals surface area contributed by atoms with Crippen LogP contribution in [0, 0.1) is 0 Å². The van der Waals surface area contributed by atoms with Crippen molar-refractivity contribution in [2.24, 2.45) is 10.7 Å². The second-order valence-electron chi connectivity index (χ2n) is 4.42. The number of nitrogens with one attached hydrogen (secondary N) is 2. The van der Waals surface area contributed by atoms with E-state index < -0.39 is 6.17 Å². The van der Waals surface area contributed by atoms with Gasteiger partial charge in [0.25, 0.3) is 5.91 Å². The van der Waals surface area contributed by atoms with Crippen molar-refractivity contribution in [3.8, 4) is 0 Å². The second kappa shape index (κ2) is 4.55. The minimum Gasteiger partial charge on any atom is -0.369 e. The Bertz CT molecular complexity index is 513. The van der Waals surface area contributed by atoms with Gasteiger partial charge in [-0.2, -0.15) is 0 Å². The summed E-state index contributed by atoms with van der Waals surface area (Å²) in [5.74, 6) is -0.181. The molecule has 1 aliphatic carbocycles. The fourth-order valence-electron chi connectivity index (χ4n) is 2.27. The molecule has 6 heteroatoms. The van der Waals surface area contributed by atoms with Crippen LogP contribution in [0.1, 0.15) is 10.4 Å². The maximum atomic E-state index is 12.0. The summed E-state index contributed by atoms with van der Waals surface area (Å²) in [7, 11) is 0. The Morgan fingerprint density at radius 1 is 1.56 bits per heavy atom. The van der Waals surface area contributed by atoms with Crippen LogP contribution in [0.5, 0.6) is 0 Å². The van der Waals surface area contributed by atoms with Crippen LogP contribution in [-0.2, 0) is 17.6 Å². The third-order valence-electron chi connectivity index (χ3n) is 3.16. The minimum absolute atomic E-state index is 0.167. The van der Waals surface area contributed by atoms with Gasteiger partial charge in [0.15, 0.2) is 0 Å². The highest BCUT2D eigenvalue weighted by Crippen LogP contribution is 2.27. The monoisotopic (exact) mass is 262 g/mol. The minimum atomic E-state index is -0.523. The van der Waals surface area contributed by atoms with E-state index in [1.807, 2.05) is 0 Å². The van der Waals surface area contributed by atoms with E-state index in [-0.39, 0.29) is 11.9 Å². The summed E-state index contributed by atoms with van der Waals surface area (Å²) in [5.41, 5.74) is 7.45. The number of nitrogens with zero attached hydrogens (tertiary/aromatic N) is 1. The van der Waals surface area contributed by atoms with Crippen LogP contribution in [-0.4, -0.2) is 23.8 Å². The van der Waals surface area contributed by atoms with E-state index in [0.29, 0.717) is 5.71 Å². The number of aliphatic imine (C=N–C) groups is 1. The normalized spacial score (nSPS) is 25.3. The van der Waals surface area contributed by atoms with Gasteiger partial charge < -0.3 is 16.4 Å². The molecule has 4 N–H and O–H groups in total. The molecular weight excluding hydrogens is 248 g/mol. The van der Waals surface area contributed by atoms with Crippen molar-refractivity contribution in [3.63, 3.8) is 0 Å². The highest BCUT2D eigenvalue weighted by atomic mass is 32.1. The van der Waals surface area contributed by atoms with Crippen LogP contribution in [0.15, 0.2) is 28.8 Å². The molecule has 18 heavy (non-hydrogen) atoms. The molecule has 2 unspecified atom stereocenters. The zero-order valence-corrected chi connectivity index (χ0v) is 10.5. The number of fused-ring (bicyclic) bond motifs is 1. The molecular formula is C12H14N4OS. The van der Waals surface area contributed by atoms with Crippen molar-refractivity contribution in [1.82, 2.24) is 10.6 Å². The molecule has 94 valence electrons. The van der Waals surface area contributed by atoms with E-state index in [1.54, 1.807) is 23.7 Å². The second-order valence-corrected chi connectivity index (χ2v) is 5.42. The van der Waals surface area contributed by atoms with E-state index in [2.05, 4.69) is 27.1 Å². The van der Waals surface area contributed by atoms with Gasteiger partial charge in [-0.1, -0.05) is 0 Å². The van der Waals surface area contributed by atoms with Gasteiger partial charge in [-0.05, 0) is 23.4 Å². The van der Waals surface area contributed by atoms with E-state index >= 15 is 0 Å². The first-order valence-electron chi connectivity index (χ1n) is 5.84. The summed E-state index contributed by atoms with van der Waals surface area (Å²) in [5, 5.41) is 7.95. The van der Waals surface area contributed by atoms with Crippen molar-refractivity contribution in [1.29, 1.82) is 0 Å². The van der Waals surface area contributed by atoms with Gasteiger partial charge in [-0.25, -0.2) is 0 Å². The molecule has 0 aromatic carbocycles. The van der Waals surface area contributed by atoms with Crippen LogP contribution in [0.25, 0.3) is 0 Å². The third-order valence-corrected chi connectivity index (χ3v) is 4.15. The van der Waals surface area contributed by atoms with E-state index in [0.717, 1.165) is 12.8 Å². The fourth-order valence-corrected chi connectivity index (χ4v) is 3.27. The van der Waals surface area contributed by atoms with Crippen LogP contribution in [0.3, 0.4) is 0 Å². The summed E-state index contributed by atoms with van der Waals surface area (Å²) in [4.78, 5) is 17.4. The molecule has 5 nitrogen and oxygen atoms in total. The van der Waals surface area contributed by atoms with Crippen molar-refractivity contribution in [3.05, 3.63) is 34.3 Å². The van der Waals surface area contributed by atoms with Crippen molar-refractivity contribution in [2.45, 2.75) is 25.0 Å². The molecule has 1 aromatic rings. The first-order valence-corrected chi connectivity index (χ1v) is 6.72. The molecule has 0 fully saturated rings. The van der Waals surface area contributed by atoms with Gasteiger partial charge in [0.1, 0.15) is 11.9 Å². The summed E-state index contributed by atoms with van der Waals surface area (Å²) in [6, 6.07) is 2.29. The lowest BCUT2D eigenvalue weighted by molar-refractivity contribution is -0.115. The van der Waals surface area contributed by atoms with Crippen LogP contribution >= 0.6 is 11.3 Å². The molecule has 1 aliphatic heterocycles. The molecule has 2 atom stereocenters. The average Bonchev–Trinajstić information content (AvgIpc) is 2.90. The number of carbonyl (C=O) groups is 1. The van der Waals surface area contributed by atoms with Crippen molar-refractivity contribution in [2.75, 3.05) is 0 Å². The molecule has 2 aliphatic rings. The number of nitrogens with two attached hydrogens (primary N) is 1. The first kappa shape index (κ1) is 11.4. The predicted octanol–water partition coefficient (Wildman–Crippen LogP) is 0.132. The zero-order valence-electron chi connectivity index (χ0n) is 9.72. The van der Waals surface area contributed by atoms with Gasteiger partial charge in [0.2, 0.25) is 0 Å². The van der Waals surface area contributed by atoms with E-state index in [4.69, 9.17) is 5.73 Å². The van der Waals surface area contributed by atoms with Gasteiger partial charge in [0, 0.05) is 29.7 Å². The molecule has 1 aromatic heterocycles. The topological polar surface area (TPSA) is 79.5 Å². The van der Waals surface area contributed by atoms with Crippen molar-refractivity contribution >= 4 is 23.0 Å². The lowest BCUT2D eigenvalue weighted by Gasteiger charge is -2.19. The summed E-state index contributed by atoms with van der Waals surface area (Å²) in [6.07, 6.45) is 4.46. The highest BCUT2D eigenvalue weighted by molar-refractivity contribution is 7.10. The standard InChI is InChI=1S/C12H14N4OS/c13-11-10(14-2-3-15-11)12(17)16-8-5-7-1-4-18-9(7)6-8/h1-4,8,11,15H,5-6,13H2,(H,16,17). The van der Waals surface area contributed by atoms with Crippen LogP contribution < -0.4 is 16.4 Å². The van der Waals surface area contributed by atoms with Gasteiger partial charge >= 0.3 is 0 Å². The Hall–Kier alpha value is -1.66. The first-order chi connectivity index (χ1) is 8.74. The number of amides is 1. The summed E-state index contributed by atoms with van der Waals surface area (Å²) < 4.78 is 0. The third kappa shape index (κ3) is 2.04. The Morgan fingerprint density at radius 3 is 3.22 bits per heavy atom. The SMILES string of the molecule is NC1NC=CN=C1C(=O)NC1Cc2ccsc2C1. The average molecular weight is 262 g/mol. The highest BCUT2D eigenvalue weighted by Gasteiger charge is 2.27. The Kier molecular flexibility index (Phi) is 2.89. The molecule has 0 bridgehead atoms. The lowest BCUT2D eigenvalue weighted by Crippen LogP contribution is -2.52. The smallest absolute Gasteiger partial charge is 0.269 e. The quantitative estimate of drug-likeness (QED) is 0.709. The Labute approximate surface area is 109 Å². The largest absolute Gasteiger partial charge is 0.369 e. The van der Waals surface area contributed by atoms with Crippen LogP contribution in [0.2, 0.25) is 0 Å². The number of hydrogen-bond acceptors (Lipinski definition) is 5. The number of hydrogen-bond donors (Lipinski definition) is 3. The predicted molar refractivity (Wildman–Crippen MR) is 71.3 cm³/mol. The van der Waals surface area contributed by atoms with E-state index in [9.17, 15) is 4.79 Å². The lowest BCUT2D eigenvalue weighted by atomic mass is 10.2. The zero-order chi connectivity index (χ0) is 12.5. The maximum absolute atomic E-state index is 12.0. The molecule has 0 spiro atoms. The summed E-state index contributed by atoms with van der Waals surface area (Å²) >= 11 is 1.75. The Morgan fingerprint density at radius 2 is 2.44 bits per heavy atom. The number of thiophene rings is 1. The molecule has 0 saturated carbocycles. The number of rotatable bonds is 2. The molecule has 0 saturated heterocycles. The van der Waals surface area contributed by atoms with Gasteiger partial charge in [-0.15, -0.1) is 11.3 Å². The molecule has 3 rings (SSSR count). The summed E-state index contributed by atoms with van der Waals surface area (Å²) in [6.45, 7) is 0. The maximum Gasteiger partial charge on any atom is 0.269 e. The Balaban J connectivity index is 1.64. The van der Waals surface area contributed by atoms with E-state index in [1.165, 1.54) is 10.4 Å². The molecule has 1 amide bonds.